The van der Waals surface area contributed by atoms with Gasteiger partial charge in [0.1, 0.15) is 11.2 Å². The number of rotatable bonds is 5. The number of nitrogens with zero attached hydrogens (tertiary/aromatic N) is 5. The first-order chi connectivity index (χ1) is 30.1. The van der Waals surface area contributed by atoms with Crippen LogP contribution in [0, 0.1) is 22.7 Å². The summed E-state index contributed by atoms with van der Waals surface area (Å²) in [4.78, 5) is 14.6. The molecule has 0 spiro atoms. The molecule has 2 aromatic heterocycles. The summed E-state index contributed by atoms with van der Waals surface area (Å²) in [5.41, 5.74) is 14.6. The molecule has 0 unspecified atom stereocenters. The molecule has 0 saturated carbocycles. The molecule has 6 heteroatoms. The van der Waals surface area contributed by atoms with Crippen LogP contribution in [0.1, 0.15) is 11.1 Å². The summed E-state index contributed by atoms with van der Waals surface area (Å²) in [6, 6.07) is 64.2. The van der Waals surface area contributed by atoms with E-state index in [-0.39, 0.29) is 0 Å². The zero-order valence-corrected chi connectivity index (χ0v) is 32.4. The van der Waals surface area contributed by atoms with Gasteiger partial charge in [0.05, 0.1) is 23.3 Å². The predicted octanol–water partition coefficient (Wildman–Crippen LogP) is 13.8. The number of aromatic nitrogens is 3. The van der Waals surface area contributed by atoms with Crippen LogP contribution in [0.4, 0.5) is 0 Å². The van der Waals surface area contributed by atoms with E-state index in [4.69, 9.17) is 19.4 Å². The maximum Gasteiger partial charge on any atom is 0.164 e. The molecule has 0 N–H and O–H groups in total. The standard InChI is InChI=1S/C55H29N5O/c56-30-32-14-18-36(19-15-32)53-58-54(37-20-16-33(31-57)17-21-37)60-55(59-53)38-24-22-34(23-25-38)47-29-49-46-13-5-10-40(51(46)61-52(49)45-9-2-1-8-41(45)47)39-26-27-42-43-11-3-6-35-7-4-12-44(50(35)43)48(42)28-39/h1-29H. The van der Waals surface area contributed by atoms with Crippen LogP contribution in [0.15, 0.2) is 180 Å². The molecule has 0 fully saturated rings. The first kappa shape index (κ1) is 34.3. The molecule has 0 aliphatic heterocycles. The maximum absolute atomic E-state index is 9.38. The Morgan fingerprint density at radius 3 is 1.46 bits per heavy atom. The highest BCUT2D eigenvalue weighted by Crippen LogP contribution is 2.49. The van der Waals surface area contributed by atoms with Gasteiger partial charge in [-0.3, -0.25) is 0 Å². The average molecular weight is 776 g/mol. The fraction of sp³-hybridized carbons (Fsp3) is 0. The van der Waals surface area contributed by atoms with Crippen molar-refractivity contribution in [3.63, 3.8) is 0 Å². The van der Waals surface area contributed by atoms with Crippen LogP contribution in [0.3, 0.4) is 0 Å². The van der Waals surface area contributed by atoms with Gasteiger partial charge in [0.15, 0.2) is 17.5 Å². The summed E-state index contributed by atoms with van der Waals surface area (Å²) in [6.45, 7) is 0. The number of hydrogen-bond donors (Lipinski definition) is 0. The van der Waals surface area contributed by atoms with Gasteiger partial charge in [0.25, 0.3) is 0 Å². The Balaban J connectivity index is 0.965. The van der Waals surface area contributed by atoms with E-state index in [9.17, 15) is 10.5 Å². The molecule has 0 atom stereocenters. The monoisotopic (exact) mass is 775 g/mol. The van der Waals surface area contributed by atoms with Gasteiger partial charge in [-0.25, -0.2) is 15.0 Å². The van der Waals surface area contributed by atoms with Crippen molar-refractivity contribution in [1.82, 2.24) is 15.0 Å². The molecule has 11 aromatic rings. The molecule has 1 aliphatic rings. The zero-order chi connectivity index (χ0) is 40.6. The molecule has 0 bridgehead atoms. The lowest BCUT2D eigenvalue weighted by molar-refractivity contribution is 0.674. The van der Waals surface area contributed by atoms with E-state index >= 15 is 0 Å². The van der Waals surface area contributed by atoms with Gasteiger partial charge < -0.3 is 4.42 Å². The predicted molar refractivity (Wildman–Crippen MR) is 243 cm³/mol. The Labute approximate surface area is 349 Å². The summed E-state index contributed by atoms with van der Waals surface area (Å²) in [5, 5.41) is 25.6. The van der Waals surface area contributed by atoms with Crippen LogP contribution in [-0.2, 0) is 0 Å². The van der Waals surface area contributed by atoms with Crippen LogP contribution in [-0.4, -0.2) is 15.0 Å². The largest absolute Gasteiger partial charge is 0.455 e. The highest BCUT2D eigenvalue weighted by atomic mass is 16.3. The molecular weight excluding hydrogens is 747 g/mol. The Bertz CT molecular complexity index is 3620. The molecule has 0 radical (unpaired) electrons. The molecule has 9 aromatic carbocycles. The third-order valence-electron chi connectivity index (χ3n) is 12.0. The van der Waals surface area contributed by atoms with Crippen molar-refractivity contribution >= 4 is 43.5 Å². The Morgan fingerprint density at radius 2 is 0.836 bits per heavy atom. The van der Waals surface area contributed by atoms with E-state index in [1.807, 2.05) is 36.4 Å². The second kappa shape index (κ2) is 13.4. The number of para-hydroxylation sites is 1. The Morgan fingerprint density at radius 1 is 0.344 bits per heavy atom. The third-order valence-corrected chi connectivity index (χ3v) is 12.0. The minimum absolute atomic E-state index is 0.489. The second-order valence-electron chi connectivity index (χ2n) is 15.4. The van der Waals surface area contributed by atoms with Gasteiger partial charge in [-0.15, -0.1) is 0 Å². The smallest absolute Gasteiger partial charge is 0.164 e. The van der Waals surface area contributed by atoms with Crippen LogP contribution < -0.4 is 0 Å². The number of fused-ring (bicyclic) bond motifs is 8. The van der Waals surface area contributed by atoms with Crippen molar-refractivity contribution in [3.05, 3.63) is 187 Å². The minimum Gasteiger partial charge on any atom is -0.455 e. The molecule has 0 amide bonds. The highest BCUT2D eigenvalue weighted by Gasteiger charge is 2.23. The lowest BCUT2D eigenvalue weighted by Crippen LogP contribution is -2.00. The number of hydrogen-bond acceptors (Lipinski definition) is 6. The fourth-order valence-electron chi connectivity index (χ4n) is 9.00. The van der Waals surface area contributed by atoms with Crippen molar-refractivity contribution in [2.24, 2.45) is 0 Å². The van der Waals surface area contributed by atoms with Crippen molar-refractivity contribution in [2.45, 2.75) is 0 Å². The number of benzene rings is 9. The first-order valence-electron chi connectivity index (χ1n) is 20.0. The summed E-state index contributed by atoms with van der Waals surface area (Å²) in [7, 11) is 0. The SMILES string of the molecule is N#Cc1ccc(-c2nc(-c3ccc(C#N)cc3)nc(-c3ccc(-c4cc5c6cccc(-c7ccc8c(c7)-c7cccc9cccc-8c79)c6oc5c5ccccc45)cc3)n2)cc1. The van der Waals surface area contributed by atoms with Gasteiger partial charge in [0, 0.05) is 38.4 Å². The van der Waals surface area contributed by atoms with E-state index in [2.05, 4.69) is 127 Å². The Hall–Kier alpha value is -8.71. The summed E-state index contributed by atoms with van der Waals surface area (Å²) in [5.74, 6) is 1.49. The van der Waals surface area contributed by atoms with Crippen LogP contribution in [0.2, 0.25) is 0 Å². The van der Waals surface area contributed by atoms with E-state index < -0.39 is 0 Å². The third kappa shape index (κ3) is 5.44. The molecule has 61 heavy (non-hydrogen) atoms. The molecule has 1 aliphatic carbocycles. The van der Waals surface area contributed by atoms with Gasteiger partial charge in [-0.05, 0) is 116 Å². The molecule has 6 nitrogen and oxygen atoms in total. The topological polar surface area (TPSA) is 99.4 Å². The molecule has 0 saturated heterocycles. The second-order valence-corrected chi connectivity index (χ2v) is 15.4. The van der Waals surface area contributed by atoms with Crippen LogP contribution in [0.5, 0.6) is 0 Å². The van der Waals surface area contributed by atoms with Gasteiger partial charge >= 0.3 is 0 Å². The lowest BCUT2D eigenvalue weighted by atomic mass is 9.93. The zero-order valence-electron chi connectivity index (χ0n) is 32.4. The maximum atomic E-state index is 9.38. The van der Waals surface area contributed by atoms with Gasteiger partial charge in [0.2, 0.25) is 0 Å². The van der Waals surface area contributed by atoms with E-state index in [1.165, 1.54) is 33.0 Å². The van der Waals surface area contributed by atoms with E-state index in [1.54, 1.807) is 24.3 Å². The number of furan rings is 1. The average Bonchev–Trinajstić information content (AvgIpc) is 3.88. The lowest BCUT2D eigenvalue weighted by Gasteiger charge is -2.11. The Kier molecular flexibility index (Phi) is 7.56. The normalized spacial score (nSPS) is 11.6. The molecule has 2 heterocycles. The fourth-order valence-corrected chi connectivity index (χ4v) is 9.00. The van der Waals surface area contributed by atoms with Crippen LogP contribution >= 0.6 is 0 Å². The summed E-state index contributed by atoms with van der Waals surface area (Å²) in [6.07, 6.45) is 0. The van der Waals surface area contributed by atoms with E-state index in [0.29, 0.717) is 28.6 Å². The highest BCUT2D eigenvalue weighted by molar-refractivity contribution is 6.21. The van der Waals surface area contributed by atoms with Gasteiger partial charge in [-0.2, -0.15) is 10.5 Å². The van der Waals surface area contributed by atoms with Crippen LogP contribution in [0.25, 0.3) is 122 Å². The van der Waals surface area contributed by atoms with Crippen molar-refractivity contribution in [3.8, 4) is 90.8 Å². The molecule has 280 valence electrons. The van der Waals surface area contributed by atoms with E-state index in [0.717, 1.165) is 71.7 Å². The first-order valence-corrected chi connectivity index (χ1v) is 20.0. The number of nitriles is 2. The quantitative estimate of drug-likeness (QED) is 0.173. The van der Waals surface area contributed by atoms with Crippen molar-refractivity contribution in [1.29, 1.82) is 10.5 Å². The summed E-state index contributed by atoms with van der Waals surface area (Å²) >= 11 is 0. The summed E-state index contributed by atoms with van der Waals surface area (Å²) < 4.78 is 6.92. The van der Waals surface area contributed by atoms with Crippen molar-refractivity contribution in [2.75, 3.05) is 0 Å². The minimum atomic E-state index is 0.489. The van der Waals surface area contributed by atoms with Gasteiger partial charge in [-0.1, -0.05) is 115 Å². The molecular formula is C55H29N5O. The van der Waals surface area contributed by atoms with Crippen molar-refractivity contribution < 1.29 is 4.42 Å². The molecule has 12 rings (SSSR count).